The Balaban J connectivity index is 2.33. The van der Waals surface area contributed by atoms with Gasteiger partial charge in [0.1, 0.15) is 0 Å². The average Bonchev–Trinajstić information content (AvgIpc) is 2.82. The standard InChI is InChI=1S/C15H26N2OS/c1-6-10-7-8-19-13(10)12(17-16)11-9-14(2,3)18-15(11,4)5/h7-8,11-12,17H,6,9,16H2,1-5H3. The lowest BCUT2D eigenvalue weighted by Crippen LogP contribution is -2.41. The number of ether oxygens (including phenoxy) is 1. The average molecular weight is 282 g/mol. The second-order valence-electron chi connectivity index (χ2n) is 6.58. The molecule has 108 valence electrons. The Hall–Kier alpha value is -0.420. The first kappa shape index (κ1) is 15.0. The highest BCUT2D eigenvalue weighted by atomic mass is 32.1. The van der Waals surface area contributed by atoms with Gasteiger partial charge in [0.25, 0.3) is 0 Å². The third-order valence-corrected chi connectivity index (χ3v) is 5.21. The fourth-order valence-electron chi connectivity index (χ4n) is 3.41. The SMILES string of the molecule is CCc1ccsc1C(NN)C1CC(C)(C)OC1(C)C. The minimum absolute atomic E-state index is 0.0765. The van der Waals surface area contributed by atoms with Crippen molar-refractivity contribution in [3.63, 3.8) is 0 Å². The summed E-state index contributed by atoms with van der Waals surface area (Å²) in [5.74, 6) is 6.26. The van der Waals surface area contributed by atoms with E-state index in [0.717, 1.165) is 12.8 Å². The van der Waals surface area contributed by atoms with Crippen LogP contribution in [0.3, 0.4) is 0 Å². The predicted molar refractivity (Wildman–Crippen MR) is 81.1 cm³/mol. The van der Waals surface area contributed by atoms with E-state index < -0.39 is 0 Å². The molecule has 1 aliphatic rings. The van der Waals surface area contributed by atoms with E-state index in [0.29, 0.717) is 5.92 Å². The highest BCUT2D eigenvalue weighted by Crippen LogP contribution is 2.48. The van der Waals surface area contributed by atoms with E-state index in [2.05, 4.69) is 51.5 Å². The molecule has 0 saturated carbocycles. The van der Waals surface area contributed by atoms with Gasteiger partial charge in [0.2, 0.25) is 0 Å². The van der Waals surface area contributed by atoms with Crippen molar-refractivity contribution in [1.82, 2.24) is 5.43 Å². The van der Waals surface area contributed by atoms with Crippen LogP contribution in [-0.2, 0) is 11.2 Å². The Labute approximate surface area is 120 Å². The molecule has 1 aromatic heterocycles. The number of hydrogen-bond acceptors (Lipinski definition) is 4. The van der Waals surface area contributed by atoms with Gasteiger partial charge in [-0.2, -0.15) is 0 Å². The van der Waals surface area contributed by atoms with Crippen LogP contribution >= 0.6 is 11.3 Å². The van der Waals surface area contributed by atoms with Gasteiger partial charge in [-0.25, -0.2) is 0 Å². The first-order valence-corrected chi connectivity index (χ1v) is 7.91. The second-order valence-corrected chi connectivity index (χ2v) is 7.53. The van der Waals surface area contributed by atoms with Gasteiger partial charge in [0.05, 0.1) is 17.2 Å². The highest BCUT2D eigenvalue weighted by molar-refractivity contribution is 7.10. The topological polar surface area (TPSA) is 47.3 Å². The van der Waals surface area contributed by atoms with Crippen molar-refractivity contribution in [2.75, 3.05) is 0 Å². The van der Waals surface area contributed by atoms with Crippen LogP contribution in [0.4, 0.5) is 0 Å². The summed E-state index contributed by atoms with van der Waals surface area (Å²) >= 11 is 1.80. The van der Waals surface area contributed by atoms with Gasteiger partial charge >= 0.3 is 0 Å². The Bertz CT molecular complexity index is 439. The molecular formula is C15H26N2OS. The van der Waals surface area contributed by atoms with Gasteiger partial charge in [-0.1, -0.05) is 6.92 Å². The summed E-state index contributed by atoms with van der Waals surface area (Å²) in [7, 11) is 0. The lowest BCUT2D eigenvalue weighted by molar-refractivity contribution is -0.0778. The zero-order valence-corrected chi connectivity index (χ0v) is 13.4. The molecule has 0 amide bonds. The molecule has 1 aliphatic heterocycles. The Morgan fingerprint density at radius 3 is 2.63 bits per heavy atom. The molecule has 0 aromatic carbocycles. The molecule has 1 saturated heterocycles. The minimum Gasteiger partial charge on any atom is -0.369 e. The fourth-order valence-corrected chi connectivity index (χ4v) is 4.53. The third kappa shape index (κ3) is 2.87. The van der Waals surface area contributed by atoms with E-state index in [1.807, 2.05) is 0 Å². The Morgan fingerprint density at radius 2 is 2.16 bits per heavy atom. The van der Waals surface area contributed by atoms with Crippen molar-refractivity contribution in [3.8, 4) is 0 Å². The normalized spacial score (nSPS) is 26.5. The van der Waals surface area contributed by atoms with Crippen molar-refractivity contribution in [3.05, 3.63) is 21.9 Å². The van der Waals surface area contributed by atoms with Crippen LogP contribution in [0.5, 0.6) is 0 Å². The van der Waals surface area contributed by atoms with Crippen LogP contribution in [0.1, 0.15) is 57.5 Å². The van der Waals surface area contributed by atoms with Crippen LogP contribution < -0.4 is 11.3 Å². The zero-order valence-electron chi connectivity index (χ0n) is 12.6. The molecule has 1 aromatic rings. The largest absolute Gasteiger partial charge is 0.369 e. The lowest BCUT2D eigenvalue weighted by Gasteiger charge is -2.32. The lowest BCUT2D eigenvalue weighted by atomic mass is 9.80. The highest BCUT2D eigenvalue weighted by Gasteiger charge is 2.49. The first-order chi connectivity index (χ1) is 8.80. The van der Waals surface area contributed by atoms with Gasteiger partial charge < -0.3 is 4.74 Å². The first-order valence-electron chi connectivity index (χ1n) is 7.03. The molecule has 1 fully saturated rings. The molecular weight excluding hydrogens is 256 g/mol. The summed E-state index contributed by atoms with van der Waals surface area (Å²) in [4.78, 5) is 1.37. The maximum absolute atomic E-state index is 6.21. The summed E-state index contributed by atoms with van der Waals surface area (Å²) in [6.07, 6.45) is 2.07. The maximum Gasteiger partial charge on any atom is 0.0681 e. The van der Waals surface area contributed by atoms with Gasteiger partial charge in [-0.05, 0) is 57.5 Å². The summed E-state index contributed by atoms with van der Waals surface area (Å²) in [5.41, 5.74) is 4.21. The molecule has 19 heavy (non-hydrogen) atoms. The number of hydrazine groups is 1. The summed E-state index contributed by atoms with van der Waals surface area (Å²) in [5, 5.41) is 2.16. The van der Waals surface area contributed by atoms with Crippen molar-refractivity contribution >= 4 is 11.3 Å². The maximum atomic E-state index is 6.21. The Morgan fingerprint density at radius 1 is 1.47 bits per heavy atom. The van der Waals surface area contributed by atoms with E-state index in [1.165, 1.54) is 10.4 Å². The molecule has 2 heterocycles. The van der Waals surface area contributed by atoms with E-state index in [4.69, 9.17) is 10.6 Å². The molecule has 4 heteroatoms. The summed E-state index contributed by atoms with van der Waals surface area (Å²) < 4.78 is 6.21. The molecule has 0 bridgehead atoms. The van der Waals surface area contributed by atoms with Crippen LogP contribution in [-0.4, -0.2) is 11.2 Å². The number of rotatable bonds is 4. The number of hydrogen-bond donors (Lipinski definition) is 2. The van der Waals surface area contributed by atoms with Crippen molar-refractivity contribution in [1.29, 1.82) is 0 Å². The van der Waals surface area contributed by atoms with Crippen molar-refractivity contribution in [2.45, 2.75) is 64.7 Å². The van der Waals surface area contributed by atoms with E-state index >= 15 is 0 Å². The predicted octanol–water partition coefficient (Wildman–Crippen LogP) is 3.41. The summed E-state index contributed by atoms with van der Waals surface area (Å²) in [6.45, 7) is 10.9. The van der Waals surface area contributed by atoms with Gasteiger partial charge in [-0.3, -0.25) is 11.3 Å². The van der Waals surface area contributed by atoms with E-state index in [9.17, 15) is 0 Å². The quantitative estimate of drug-likeness (QED) is 0.657. The number of nitrogens with two attached hydrogens (primary N) is 1. The van der Waals surface area contributed by atoms with E-state index in [1.54, 1.807) is 11.3 Å². The molecule has 3 nitrogen and oxygen atoms in total. The van der Waals surface area contributed by atoms with Crippen LogP contribution in [0.25, 0.3) is 0 Å². The Kier molecular flexibility index (Phi) is 4.07. The van der Waals surface area contributed by atoms with Crippen LogP contribution in [0.2, 0.25) is 0 Å². The molecule has 2 atom stereocenters. The second kappa shape index (κ2) is 5.17. The van der Waals surface area contributed by atoms with Crippen LogP contribution in [0, 0.1) is 5.92 Å². The fraction of sp³-hybridized carbons (Fsp3) is 0.733. The molecule has 0 aliphatic carbocycles. The van der Waals surface area contributed by atoms with Gasteiger partial charge in [0.15, 0.2) is 0 Å². The van der Waals surface area contributed by atoms with Gasteiger partial charge in [-0.15, -0.1) is 11.3 Å². The van der Waals surface area contributed by atoms with Gasteiger partial charge in [0, 0.05) is 10.8 Å². The van der Waals surface area contributed by atoms with Crippen LogP contribution in [0.15, 0.2) is 11.4 Å². The number of aryl methyl sites for hydroxylation is 1. The molecule has 3 N–H and O–H groups in total. The molecule has 2 unspecified atom stereocenters. The smallest absolute Gasteiger partial charge is 0.0681 e. The molecule has 2 rings (SSSR count). The molecule has 0 radical (unpaired) electrons. The summed E-state index contributed by atoms with van der Waals surface area (Å²) in [6, 6.07) is 2.38. The molecule has 0 spiro atoms. The third-order valence-electron chi connectivity index (χ3n) is 4.17. The number of thiophene rings is 1. The van der Waals surface area contributed by atoms with Crippen molar-refractivity contribution in [2.24, 2.45) is 11.8 Å². The van der Waals surface area contributed by atoms with E-state index in [-0.39, 0.29) is 17.2 Å². The van der Waals surface area contributed by atoms with Crippen molar-refractivity contribution < 1.29 is 4.74 Å². The monoisotopic (exact) mass is 282 g/mol. The minimum atomic E-state index is -0.157. The number of nitrogens with one attached hydrogen (secondary N) is 1. The zero-order chi connectivity index (χ0) is 14.3.